The average molecular weight is 471 g/mol. The number of hydrogen-bond acceptors (Lipinski definition) is 3. The van der Waals surface area contributed by atoms with Crippen LogP contribution in [-0.4, -0.2) is 16.6 Å². The highest BCUT2D eigenvalue weighted by atomic mass is 79.9. The molecule has 0 saturated heterocycles. The number of terminal acetylenes is 1. The van der Waals surface area contributed by atoms with E-state index in [2.05, 4.69) is 53.8 Å². The number of H-pyrrole nitrogens is 1. The minimum absolute atomic E-state index is 0.175. The molecule has 1 aromatic heterocycles. The van der Waals surface area contributed by atoms with Crippen LogP contribution >= 0.6 is 31.9 Å². The van der Waals surface area contributed by atoms with Crippen molar-refractivity contribution in [1.29, 1.82) is 5.26 Å². The maximum absolute atomic E-state index is 9.58. The summed E-state index contributed by atoms with van der Waals surface area (Å²) >= 11 is 6.95. The number of hydrogen-bond donors (Lipinski definition) is 1. The minimum atomic E-state index is 0.175. The quantitative estimate of drug-likeness (QED) is 0.406. The average Bonchev–Trinajstić information content (AvgIpc) is 3.01. The van der Waals surface area contributed by atoms with Crippen LogP contribution in [0.15, 0.2) is 39.3 Å². The van der Waals surface area contributed by atoms with E-state index in [-0.39, 0.29) is 6.61 Å². The van der Waals surface area contributed by atoms with E-state index >= 15 is 0 Å². The molecule has 0 unspecified atom stereocenters. The number of imidazole rings is 1. The lowest BCUT2D eigenvalue weighted by Crippen LogP contribution is -1.96. The minimum Gasteiger partial charge on any atom is -0.479 e. The van der Waals surface area contributed by atoms with E-state index < -0.39 is 0 Å². The van der Waals surface area contributed by atoms with Crippen molar-refractivity contribution in [3.05, 3.63) is 56.2 Å². The Hall–Kier alpha value is -2.54. The van der Waals surface area contributed by atoms with Crippen molar-refractivity contribution in [3.63, 3.8) is 0 Å². The highest BCUT2D eigenvalue weighted by Crippen LogP contribution is 2.35. The van der Waals surface area contributed by atoms with Gasteiger partial charge < -0.3 is 9.72 Å². The van der Waals surface area contributed by atoms with Gasteiger partial charge in [-0.25, -0.2) is 4.98 Å². The number of aryl methyl sites for hydroxylation is 1. The fraction of sp³-hybridized carbons (Fsp3) is 0.100. The molecule has 0 bridgehead atoms. The normalized spacial score (nSPS) is 11.2. The summed E-state index contributed by atoms with van der Waals surface area (Å²) in [7, 11) is 0. The van der Waals surface area contributed by atoms with Crippen molar-refractivity contribution >= 4 is 54.5 Å². The Labute approximate surface area is 168 Å². The Morgan fingerprint density at radius 3 is 2.69 bits per heavy atom. The van der Waals surface area contributed by atoms with Gasteiger partial charge in [-0.15, -0.1) is 6.42 Å². The van der Waals surface area contributed by atoms with E-state index in [1.54, 1.807) is 6.08 Å². The molecule has 26 heavy (non-hydrogen) atoms. The predicted octanol–water partition coefficient (Wildman–Crippen LogP) is 5.47. The van der Waals surface area contributed by atoms with Crippen LogP contribution in [0.5, 0.6) is 5.75 Å². The first-order valence-corrected chi connectivity index (χ1v) is 9.24. The fourth-order valence-corrected chi connectivity index (χ4v) is 3.94. The van der Waals surface area contributed by atoms with Gasteiger partial charge in [0.2, 0.25) is 0 Å². The summed E-state index contributed by atoms with van der Waals surface area (Å²) in [5.74, 6) is 3.59. The number of benzene rings is 2. The molecule has 4 nitrogen and oxygen atoms in total. The lowest BCUT2D eigenvalue weighted by Gasteiger charge is -2.09. The number of fused-ring (bicyclic) bond motifs is 1. The lowest BCUT2D eigenvalue weighted by molar-refractivity contribution is 0.365. The molecule has 0 aliphatic carbocycles. The van der Waals surface area contributed by atoms with Crippen molar-refractivity contribution in [2.75, 3.05) is 6.61 Å². The zero-order valence-corrected chi connectivity index (χ0v) is 17.0. The molecule has 128 valence electrons. The Balaban J connectivity index is 2.01. The second kappa shape index (κ2) is 7.78. The first kappa shape index (κ1) is 18.3. The Kier molecular flexibility index (Phi) is 5.46. The monoisotopic (exact) mass is 469 g/mol. The molecule has 2 aromatic carbocycles. The summed E-state index contributed by atoms with van der Waals surface area (Å²) in [5.41, 5.74) is 4.12. The molecular weight excluding hydrogens is 458 g/mol. The van der Waals surface area contributed by atoms with Gasteiger partial charge in [0.05, 0.1) is 25.6 Å². The lowest BCUT2D eigenvalue weighted by atomic mass is 10.1. The van der Waals surface area contributed by atoms with Gasteiger partial charge in [-0.1, -0.05) is 12.0 Å². The summed E-state index contributed by atoms with van der Waals surface area (Å²) in [4.78, 5) is 7.71. The van der Waals surface area contributed by atoms with E-state index in [1.807, 2.05) is 37.3 Å². The molecule has 0 radical (unpaired) electrons. The van der Waals surface area contributed by atoms with Crippen LogP contribution < -0.4 is 4.74 Å². The molecule has 0 atom stereocenters. The summed E-state index contributed by atoms with van der Waals surface area (Å²) in [6.07, 6.45) is 7.00. The Bertz CT molecular complexity index is 1080. The number of ether oxygens (including phenoxy) is 1. The SMILES string of the molecule is C#CCOc1c(Br)cc(/C=C(/C#N)c2nc3ccc(C)cc3[nH]2)cc1Br. The van der Waals surface area contributed by atoms with Gasteiger partial charge in [0.25, 0.3) is 0 Å². The van der Waals surface area contributed by atoms with Gasteiger partial charge in [-0.3, -0.25) is 0 Å². The van der Waals surface area contributed by atoms with E-state index in [0.29, 0.717) is 17.1 Å². The van der Waals surface area contributed by atoms with E-state index in [0.717, 1.165) is 31.1 Å². The van der Waals surface area contributed by atoms with Gasteiger partial charge in [-0.05, 0) is 80.3 Å². The van der Waals surface area contributed by atoms with Crippen LogP contribution in [0, 0.1) is 30.6 Å². The van der Waals surface area contributed by atoms with Crippen LogP contribution in [0.3, 0.4) is 0 Å². The van der Waals surface area contributed by atoms with Crippen LogP contribution in [-0.2, 0) is 0 Å². The summed E-state index contributed by atoms with van der Waals surface area (Å²) in [5, 5.41) is 9.58. The summed E-state index contributed by atoms with van der Waals surface area (Å²) < 4.78 is 6.99. The third kappa shape index (κ3) is 3.83. The molecule has 0 fully saturated rings. The molecule has 3 rings (SSSR count). The number of allylic oxidation sites excluding steroid dienone is 1. The molecule has 0 saturated carbocycles. The van der Waals surface area contributed by atoms with Gasteiger partial charge in [0, 0.05) is 0 Å². The van der Waals surface area contributed by atoms with Gasteiger partial charge >= 0.3 is 0 Å². The number of aromatic amines is 1. The molecular formula is C20H13Br2N3O. The van der Waals surface area contributed by atoms with Gasteiger partial charge in [0.15, 0.2) is 0 Å². The van der Waals surface area contributed by atoms with E-state index in [1.165, 1.54) is 0 Å². The summed E-state index contributed by atoms with van der Waals surface area (Å²) in [6, 6.07) is 11.9. The zero-order chi connectivity index (χ0) is 18.7. The van der Waals surface area contributed by atoms with Crippen molar-refractivity contribution in [2.45, 2.75) is 6.92 Å². The predicted molar refractivity (Wildman–Crippen MR) is 110 cm³/mol. The number of nitrogens with one attached hydrogen (secondary N) is 1. The van der Waals surface area contributed by atoms with Crippen LogP contribution in [0.4, 0.5) is 0 Å². The number of rotatable bonds is 4. The maximum atomic E-state index is 9.58. The molecule has 6 heteroatoms. The standard InChI is InChI=1S/C20H13Br2N3O/c1-3-6-26-19-15(21)9-13(10-16(19)22)8-14(11-23)20-24-17-5-4-12(2)7-18(17)25-20/h1,4-5,7-10H,6H2,2H3,(H,24,25)/b14-8-. The van der Waals surface area contributed by atoms with Crippen LogP contribution in [0.25, 0.3) is 22.7 Å². The highest BCUT2D eigenvalue weighted by molar-refractivity contribution is 9.11. The number of nitrogens with zero attached hydrogens (tertiary/aromatic N) is 2. The third-order valence-electron chi connectivity index (χ3n) is 3.64. The molecule has 1 heterocycles. The van der Waals surface area contributed by atoms with Gasteiger partial charge in [-0.2, -0.15) is 5.26 Å². The molecule has 0 spiro atoms. The smallest absolute Gasteiger partial charge is 0.149 e. The third-order valence-corrected chi connectivity index (χ3v) is 4.82. The molecule has 0 aliphatic rings. The zero-order valence-electron chi connectivity index (χ0n) is 13.8. The van der Waals surface area contributed by atoms with Crippen molar-refractivity contribution in [3.8, 4) is 24.2 Å². The highest BCUT2D eigenvalue weighted by Gasteiger charge is 2.11. The van der Waals surface area contributed by atoms with Crippen molar-refractivity contribution < 1.29 is 4.74 Å². The second-order valence-electron chi connectivity index (χ2n) is 5.58. The number of nitriles is 1. The maximum Gasteiger partial charge on any atom is 0.149 e. The van der Waals surface area contributed by atoms with Gasteiger partial charge in [0.1, 0.15) is 24.3 Å². The van der Waals surface area contributed by atoms with E-state index in [9.17, 15) is 5.26 Å². The first-order valence-electron chi connectivity index (χ1n) is 7.65. The number of halogens is 2. The van der Waals surface area contributed by atoms with Crippen LogP contribution in [0.1, 0.15) is 17.0 Å². The Morgan fingerprint density at radius 1 is 1.31 bits per heavy atom. The first-order chi connectivity index (χ1) is 12.5. The summed E-state index contributed by atoms with van der Waals surface area (Å²) in [6.45, 7) is 2.19. The van der Waals surface area contributed by atoms with Crippen molar-refractivity contribution in [1.82, 2.24) is 9.97 Å². The van der Waals surface area contributed by atoms with E-state index in [4.69, 9.17) is 11.2 Å². The fourth-order valence-electron chi connectivity index (χ4n) is 2.49. The van der Waals surface area contributed by atoms with Crippen LogP contribution in [0.2, 0.25) is 0 Å². The second-order valence-corrected chi connectivity index (χ2v) is 7.29. The molecule has 0 aliphatic heterocycles. The molecule has 3 aromatic rings. The molecule has 1 N–H and O–H groups in total. The number of aromatic nitrogens is 2. The largest absolute Gasteiger partial charge is 0.479 e. The topological polar surface area (TPSA) is 61.7 Å². The molecule has 0 amide bonds. The van der Waals surface area contributed by atoms with Crippen molar-refractivity contribution in [2.24, 2.45) is 0 Å². The Morgan fingerprint density at radius 2 is 2.04 bits per heavy atom.